The summed E-state index contributed by atoms with van der Waals surface area (Å²) in [5, 5.41) is 9.71. The van der Waals surface area contributed by atoms with Gasteiger partial charge in [0.05, 0.1) is 12.8 Å². The third-order valence-electron chi connectivity index (χ3n) is 1.80. The molecule has 0 aromatic carbocycles. The van der Waals surface area contributed by atoms with Gasteiger partial charge in [-0.1, -0.05) is 10.8 Å². The van der Waals surface area contributed by atoms with Gasteiger partial charge in [-0.05, 0) is 29.3 Å². The maximum atomic E-state index is 11.4. The molecular formula is C9H16NO2PS2. The van der Waals surface area contributed by atoms with Crippen molar-refractivity contribution in [3.05, 3.63) is 18.3 Å². The van der Waals surface area contributed by atoms with Crippen LogP contribution in [0, 0.1) is 0 Å². The first-order valence-corrected chi connectivity index (χ1v) is 9.02. The van der Waals surface area contributed by atoms with Crippen LogP contribution in [0.3, 0.4) is 0 Å². The van der Waals surface area contributed by atoms with Crippen LogP contribution in [0.25, 0.3) is 0 Å². The zero-order valence-corrected chi connectivity index (χ0v) is 11.1. The predicted molar refractivity (Wildman–Crippen MR) is 69.5 cm³/mol. The molecule has 6 heteroatoms. The summed E-state index contributed by atoms with van der Waals surface area (Å²) in [7, 11) is 1.96. The summed E-state index contributed by atoms with van der Waals surface area (Å²) in [6.07, 6.45) is 4.04. The molecule has 1 aromatic heterocycles. The average Bonchev–Trinajstić information content (AvgIpc) is 2.74. The molecule has 1 aromatic rings. The van der Waals surface area contributed by atoms with E-state index in [4.69, 9.17) is 5.11 Å². The molecule has 0 aliphatic rings. The Morgan fingerprint density at radius 3 is 3.00 bits per heavy atom. The van der Waals surface area contributed by atoms with Crippen LogP contribution in [0.4, 0.5) is 0 Å². The Kier molecular flexibility index (Phi) is 7.36. The van der Waals surface area contributed by atoms with Gasteiger partial charge in [0.15, 0.2) is 0 Å². The molecular weight excluding hydrogens is 249 g/mol. The molecule has 3 nitrogen and oxygen atoms in total. The Hall–Kier alpha value is 0.170. The Balaban J connectivity index is 1.99. The molecule has 1 heterocycles. The number of hydrogen-bond donors (Lipinski definition) is 2. The molecule has 0 radical (unpaired) electrons. The first-order valence-electron chi connectivity index (χ1n) is 4.88. The molecule has 0 fully saturated rings. The largest absolute Gasteiger partial charge is 0.396 e. The van der Waals surface area contributed by atoms with Crippen molar-refractivity contribution < 1.29 is 9.67 Å². The lowest BCUT2D eigenvalue weighted by atomic mass is 10.5. The summed E-state index contributed by atoms with van der Waals surface area (Å²) < 4.78 is 11.4. The Morgan fingerprint density at radius 2 is 2.33 bits per heavy atom. The van der Waals surface area contributed by atoms with E-state index in [1.165, 1.54) is 0 Å². The highest BCUT2D eigenvalue weighted by molar-refractivity contribution is 8.76. The lowest BCUT2D eigenvalue weighted by Gasteiger charge is -2.00. The molecule has 0 saturated carbocycles. The van der Waals surface area contributed by atoms with Crippen molar-refractivity contribution in [2.45, 2.75) is 11.4 Å². The number of hydrogen-bond acceptors (Lipinski definition) is 4. The second-order valence-electron chi connectivity index (χ2n) is 3.06. The van der Waals surface area contributed by atoms with Crippen LogP contribution in [0.15, 0.2) is 23.4 Å². The van der Waals surface area contributed by atoms with E-state index < -0.39 is 7.80 Å². The van der Waals surface area contributed by atoms with Gasteiger partial charge in [-0.25, -0.2) is 0 Å². The van der Waals surface area contributed by atoms with Crippen molar-refractivity contribution in [2.24, 2.45) is 0 Å². The van der Waals surface area contributed by atoms with Gasteiger partial charge in [-0.15, -0.1) is 0 Å². The number of aliphatic hydroxyl groups is 1. The molecule has 0 saturated heterocycles. The van der Waals surface area contributed by atoms with Crippen LogP contribution in [0.1, 0.15) is 6.42 Å². The third-order valence-corrected chi connectivity index (χ3v) is 6.19. The quantitative estimate of drug-likeness (QED) is 0.431. The van der Waals surface area contributed by atoms with Gasteiger partial charge in [-0.2, -0.15) is 0 Å². The van der Waals surface area contributed by atoms with E-state index in [2.05, 4.69) is 4.98 Å². The van der Waals surface area contributed by atoms with Crippen molar-refractivity contribution in [3.8, 4) is 0 Å². The maximum absolute atomic E-state index is 11.4. The van der Waals surface area contributed by atoms with Crippen LogP contribution in [-0.2, 0) is 4.57 Å². The van der Waals surface area contributed by atoms with Gasteiger partial charge in [-0.3, -0.25) is 0 Å². The summed E-state index contributed by atoms with van der Waals surface area (Å²) in [5.74, 6) is 0.910. The fourth-order valence-electron chi connectivity index (χ4n) is 1.03. The molecule has 1 unspecified atom stereocenters. The number of H-pyrrole nitrogens is 1. The molecule has 1 rings (SSSR count). The highest BCUT2D eigenvalue weighted by atomic mass is 33.1. The first-order chi connectivity index (χ1) is 7.33. The van der Waals surface area contributed by atoms with Gasteiger partial charge in [0.1, 0.15) is 0 Å². The highest BCUT2D eigenvalue weighted by Gasteiger charge is 2.00. The normalized spacial score (nSPS) is 12.9. The van der Waals surface area contributed by atoms with E-state index in [0.717, 1.165) is 16.9 Å². The smallest absolute Gasteiger partial charge is 0.0829 e. The number of rotatable bonds is 8. The minimum atomic E-state index is -1.45. The lowest BCUT2D eigenvalue weighted by Crippen LogP contribution is -1.89. The Bertz CT molecular complexity index is 280. The van der Waals surface area contributed by atoms with Gasteiger partial charge < -0.3 is 14.7 Å². The van der Waals surface area contributed by atoms with Crippen LogP contribution in [0.2, 0.25) is 0 Å². The molecule has 0 amide bonds. The molecule has 0 aliphatic carbocycles. The van der Waals surface area contributed by atoms with E-state index >= 15 is 0 Å². The van der Waals surface area contributed by atoms with Crippen LogP contribution in [-0.4, -0.2) is 34.8 Å². The minimum Gasteiger partial charge on any atom is -0.396 e. The Morgan fingerprint density at radius 1 is 1.47 bits per heavy atom. The topological polar surface area (TPSA) is 53.1 Å². The van der Waals surface area contributed by atoms with E-state index in [1.807, 2.05) is 18.3 Å². The number of nitrogens with one attached hydrogen (secondary N) is 1. The van der Waals surface area contributed by atoms with Crippen molar-refractivity contribution in [1.29, 1.82) is 0 Å². The maximum Gasteiger partial charge on any atom is 0.0829 e. The first kappa shape index (κ1) is 13.2. The second kappa shape index (κ2) is 8.34. The standard InChI is InChI=1S/C9H16NO2PS2/c11-5-2-6-13(12)7-8-14-15-9-3-1-4-10-9/h1,3-4,10-11,13H,2,5-8H2. The van der Waals surface area contributed by atoms with Crippen molar-refractivity contribution in [3.63, 3.8) is 0 Å². The van der Waals surface area contributed by atoms with E-state index in [-0.39, 0.29) is 6.61 Å². The summed E-state index contributed by atoms with van der Waals surface area (Å²) in [5.41, 5.74) is 0. The molecule has 0 bridgehead atoms. The summed E-state index contributed by atoms with van der Waals surface area (Å²) in [4.78, 5) is 3.10. The summed E-state index contributed by atoms with van der Waals surface area (Å²) in [6.45, 7) is 0.154. The zero-order valence-electron chi connectivity index (χ0n) is 8.44. The van der Waals surface area contributed by atoms with Crippen LogP contribution in [0.5, 0.6) is 0 Å². The SMILES string of the molecule is O=[PH](CCCO)CCSSc1ccc[nH]1. The molecule has 0 aliphatic heterocycles. The van der Waals surface area contributed by atoms with Gasteiger partial charge in [0, 0.05) is 30.9 Å². The number of aromatic amines is 1. The zero-order chi connectivity index (χ0) is 10.9. The van der Waals surface area contributed by atoms with Crippen LogP contribution >= 0.6 is 29.4 Å². The predicted octanol–water partition coefficient (Wildman–Crippen LogP) is 2.70. The van der Waals surface area contributed by atoms with E-state index in [0.29, 0.717) is 12.6 Å². The fourth-order valence-corrected chi connectivity index (χ4v) is 5.23. The van der Waals surface area contributed by atoms with Crippen molar-refractivity contribution in [2.75, 3.05) is 24.7 Å². The van der Waals surface area contributed by atoms with Crippen LogP contribution < -0.4 is 0 Å². The average molecular weight is 265 g/mol. The molecule has 2 N–H and O–H groups in total. The monoisotopic (exact) mass is 265 g/mol. The number of aliphatic hydroxyl groups excluding tert-OH is 1. The molecule has 0 spiro atoms. The van der Waals surface area contributed by atoms with Crippen molar-refractivity contribution >= 4 is 29.4 Å². The van der Waals surface area contributed by atoms with Gasteiger partial charge in [0.2, 0.25) is 0 Å². The number of aromatic nitrogens is 1. The molecule has 86 valence electrons. The van der Waals surface area contributed by atoms with Crippen molar-refractivity contribution in [1.82, 2.24) is 4.98 Å². The summed E-state index contributed by atoms with van der Waals surface area (Å²) in [6, 6.07) is 3.99. The van der Waals surface area contributed by atoms with E-state index in [9.17, 15) is 4.57 Å². The third kappa shape index (κ3) is 6.36. The molecule has 1 atom stereocenters. The second-order valence-corrected chi connectivity index (χ2v) is 7.59. The lowest BCUT2D eigenvalue weighted by molar-refractivity contribution is 0.295. The fraction of sp³-hybridized carbons (Fsp3) is 0.556. The van der Waals surface area contributed by atoms with Gasteiger partial charge in [0.25, 0.3) is 0 Å². The van der Waals surface area contributed by atoms with E-state index in [1.54, 1.807) is 21.6 Å². The Labute approximate surface area is 98.6 Å². The van der Waals surface area contributed by atoms with Gasteiger partial charge >= 0.3 is 0 Å². The minimum absolute atomic E-state index is 0.154. The highest BCUT2D eigenvalue weighted by Crippen LogP contribution is 2.32. The molecule has 15 heavy (non-hydrogen) atoms. The summed E-state index contributed by atoms with van der Waals surface area (Å²) >= 11 is 0.